The van der Waals surface area contributed by atoms with Gasteiger partial charge in [0, 0.05) is 57.5 Å². The molecule has 0 spiro atoms. The molecule has 2 heterocycles. The van der Waals surface area contributed by atoms with Gasteiger partial charge in [0.2, 0.25) is 0 Å². The topological polar surface area (TPSA) is 52.1 Å². The molecule has 0 aliphatic carbocycles. The van der Waals surface area contributed by atoms with Crippen LogP contribution in [0.2, 0.25) is 0 Å². The average Bonchev–Trinajstić information content (AvgIpc) is 2.77. The van der Waals surface area contributed by atoms with E-state index in [0.717, 1.165) is 64.5 Å². The van der Waals surface area contributed by atoms with Gasteiger partial charge in [-0.3, -0.25) is 9.89 Å². The highest BCUT2D eigenvalue weighted by atomic mass is 16.5. The SMILES string of the molecule is CN=C(NCC1(N(C)C)CCOCC1)NC1CCN(C(C)c2ccccc2)CC1. The summed E-state index contributed by atoms with van der Waals surface area (Å²) in [7, 11) is 6.22. The first-order valence-corrected chi connectivity index (χ1v) is 11.1. The number of piperidine rings is 1. The molecule has 0 saturated carbocycles. The van der Waals surface area contributed by atoms with E-state index in [9.17, 15) is 0 Å². The first kappa shape index (κ1) is 22.1. The van der Waals surface area contributed by atoms with Crippen molar-refractivity contribution in [2.45, 2.75) is 50.2 Å². The smallest absolute Gasteiger partial charge is 0.191 e. The van der Waals surface area contributed by atoms with E-state index in [-0.39, 0.29) is 5.54 Å². The fourth-order valence-corrected chi connectivity index (χ4v) is 4.54. The highest BCUT2D eigenvalue weighted by Crippen LogP contribution is 2.26. The third-order valence-corrected chi connectivity index (χ3v) is 6.88. The monoisotopic (exact) mass is 401 g/mol. The van der Waals surface area contributed by atoms with Crippen LogP contribution in [0.5, 0.6) is 0 Å². The quantitative estimate of drug-likeness (QED) is 0.567. The molecule has 2 saturated heterocycles. The van der Waals surface area contributed by atoms with E-state index in [1.165, 1.54) is 5.56 Å². The number of guanidine groups is 1. The molecule has 29 heavy (non-hydrogen) atoms. The van der Waals surface area contributed by atoms with Crippen LogP contribution in [0, 0.1) is 0 Å². The highest BCUT2D eigenvalue weighted by molar-refractivity contribution is 5.80. The van der Waals surface area contributed by atoms with Gasteiger partial charge in [0.25, 0.3) is 0 Å². The molecule has 162 valence electrons. The van der Waals surface area contributed by atoms with Crippen LogP contribution in [0.3, 0.4) is 0 Å². The highest BCUT2D eigenvalue weighted by Gasteiger charge is 2.35. The Bertz CT molecular complexity index is 634. The van der Waals surface area contributed by atoms with Gasteiger partial charge in [-0.05, 0) is 52.3 Å². The first-order valence-electron chi connectivity index (χ1n) is 11.1. The van der Waals surface area contributed by atoms with Crippen molar-refractivity contribution >= 4 is 5.96 Å². The zero-order valence-corrected chi connectivity index (χ0v) is 18.7. The van der Waals surface area contributed by atoms with Crippen LogP contribution in [0.25, 0.3) is 0 Å². The van der Waals surface area contributed by atoms with Crippen molar-refractivity contribution in [2.75, 3.05) is 54.0 Å². The molecular formula is C23H39N5O. The van der Waals surface area contributed by atoms with E-state index in [1.54, 1.807) is 0 Å². The summed E-state index contributed by atoms with van der Waals surface area (Å²) in [5.41, 5.74) is 1.55. The minimum Gasteiger partial charge on any atom is -0.381 e. The normalized spacial score (nSPS) is 22.4. The van der Waals surface area contributed by atoms with E-state index >= 15 is 0 Å². The number of likely N-dealkylation sites (tertiary alicyclic amines) is 1. The Kier molecular flexibility index (Phi) is 7.92. The molecule has 0 bridgehead atoms. The molecule has 6 heteroatoms. The molecule has 2 fully saturated rings. The number of hydrogen-bond donors (Lipinski definition) is 2. The summed E-state index contributed by atoms with van der Waals surface area (Å²) in [6.45, 7) is 7.12. The molecular weight excluding hydrogens is 362 g/mol. The van der Waals surface area contributed by atoms with Gasteiger partial charge in [0.05, 0.1) is 0 Å². The van der Waals surface area contributed by atoms with E-state index in [1.807, 2.05) is 7.05 Å². The first-order chi connectivity index (χ1) is 14.0. The molecule has 6 nitrogen and oxygen atoms in total. The molecule has 1 aromatic rings. The number of likely N-dealkylation sites (N-methyl/N-ethyl adjacent to an activating group) is 1. The Morgan fingerprint density at radius 3 is 2.45 bits per heavy atom. The third-order valence-electron chi connectivity index (χ3n) is 6.88. The van der Waals surface area contributed by atoms with Crippen LogP contribution in [-0.4, -0.2) is 81.3 Å². The second kappa shape index (κ2) is 10.4. The van der Waals surface area contributed by atoms with Crippen molar-refractivity contribution in [3.05, 3.63) is 35.9 Å². The van der Waals surface area contributed by atoms with E-state index in [0.29, 0.717) is 12.1 Å². The molecule has 3 rings (SSSR count). The zero-order valence-electron chi connectivity index (χ0n) is 18.7. The van der Waals surface area contributed by atoms with Crippen LogP contribution in [0.4, 0.5) is 0 Å². The van der Waals surface area contributed by atoms with Gasteiger partial charge < -0.3 is 20.3 Å². The van der Waals surface area contributed by atoms with E-state index < -0.39 is 0 Å². The van der Waals surface area contributed by atoms with Gasteiger partial charge in [-0.25, -0.2) is 0 Å². The van der Waals surface area contributed by atoms with Gasteiger partial charge in [0.1, 0.15) is 0 Å². The summed E-state index contributed by atoms with van der Waals surface area (Å²) in [6.07, 6.45) is 4.40. The van der Waals surface area contributed by atoms with Crippen LogP contribution >= 0.6 is 0 Å². The Morgan fingerprint density at radius 2 is 1.86 bits per heavy atom. The number of nitrogens with one attached hydrogen (secondary N) is 2. The molecule has 2 aliphatic heterocycles. The molecule has 0 aromatic heterocycles. The van der Waals surface area contributed by atoms with Crippen molar-refractivity contribution in [1.82, 2.24) is 20.4 Å². The Labute approximate surface area is 176 Å². The van der Waals surface area contributed by atoms with Crippen molar-refractivity contribution in [3.8, 4) is 0 Å². The van der Waals surface area contributed by atoms with Gasteiger partial charge in [-0.15, -0.1) is 0 Å². The lowest BCUT2D eigenvalue weighted by molar-refractivity contribution is -0.00504. The molecule has 2 aliphatic rings. The number of hydrogen-bond acceptors (Lipinski definition) is 4. The Hall–Kier alpha value is -1.63. The lowest BCUT2D eigenvalue weighted by Crippen LogP contribution is -2.58. The van der Waals surface area contributed by atoms with Crippen LogP contribution < -0.4 is 10.6 Å². The lowest BCUT2D eigenvalue weighted by Gasteiger charge is -2.43. The van der Waals surface area contributed by atoms with Gasteiger partial charge >= 0.3 is 0 Å². The van der Waals surface area contributed by atoms with Gasteiger partial charge in [-0.2, -0.15) is 0 Å². The Balaban J connectivity index is 1.47. The average molecular weight is 402 g/mol. The maximum atomic E-state index is 5.59. The summed E-state index contributed by atoms with van der Waals surface area (Å²) < 4.78 is 5.59. The van der Waals surface area contributed by atoms with Crippen LogP contribution in [0.1, 0.15) is 44.2 Å². The molecule has 1 aromatic carbocycles. The summed E-state index contributed by atoms with van der Waals surface area (Å²) in [6, 6.07) is 11.8. The lowest BCUT2D eigenvalue weighted by atomic mass is 9.88. The third kappa shape index (κ3) is 5.71. The fourth-order valence-electron chi connectivity index (χ4n) is 4.54. The maximum Gasteiger partial charge on any atom is 0.191 e. The van der Waals surface area contributed by atoms with Crippen LogP contribution in [0.15, 0.2) is 35.3 Å². The summed E-state index contributed by atoms with van der Waals surface area (Å²) in [5.74, 6) is 0.923. The van der Waals surface area contributed by atoms with E-state index in [2.05, 4.69) is 76.8 Å². The summed E-state index contributed by atoms with van der Waals surface area (Å²) in [4.78, 5) is 9.43. The predicted octanol–water partition coefficient (Wildman–Crippen LogP) is 2.49. The summed E-state index contributed by atoms with van der Waals surface area (Å²) in [5, 5.41) is 7.26. The van der Waals surface area contributed by atoms with Gasteiger partial charge in [-0.1, -0.05) is 30.3 Å². The van der Waals surface area contributed by atoms with Crippen molar-refractivity contribution in [1.29, 1.82) is 0 Å². The zero-order chi connectivity index (χ0) is 20.7. The predicted molar refractivity (Wildman–Crippen MR) is 120 cm³/mol. The standard InChI is InChI=1S/C23H39N5O/c1-19(20-8-6-5-7-9-20)28-14-10-21(11-15-28)26-22(24-2)25-18-23(27(3)4)12-16-29-17-13-23/h5-9,19,21H,10-18H2,1-4H3,(H2,24,25,26). The second-order valence-electron chi connectivity index (χ2n) is 8.70. The second-order valence-corrected chi connectivity index (χ2v) is 8.70. The molecule has 0 amide bonds. The molecule has 1 unspecified atom stereocenters. The van der Waals surface area contributed by atoms with Crippen molar-refractivity contribution in [3.63, 3.8) is 0 Å². The number of nitrogens with zero attached hydrogens (tertiary/aromatic N) is 3. The van der Waals surface area contributed by atoms with Crippen molar-refractivity contribution in [2.24, 2.45) is 4.99 Å². The fraction of sp³-hybridized carbons (Fsp3) is 0.696. The van der Waals surface area contributed by atoms with Crippen LogP contribution in [-0.2, 0) is 4.74 Å². The minimum absolute atomic E-state index is 0.143. The minimum atomic E-state index is 0.143. The number of aliphatic imine (C=N–C) groups is 1. The Morgan fingerprint density at radius 1 is 1.21 bits per heavy atom. The largest absolute Gasteiger partial charge is 0.381 e. The number of benzene rings is 1. The summed E-state index contributed by atoms with van der Waals surface area (Å²) >= 11 is 0. The number of ether oxygens (including phenoxy) is 1. The molecule has 2 N–H and O–H groups in total. The van der Waals surface area contributed by atoms with E-state index in [4.69, 9.17) is 4.74 Å². The van der Waals surface area contributed by atoms with Gasteiger partial charge in [0.15, 0.2) is 5.96 Å². The van der Waals surface area contributed by atoms with Crippen molar-refractivity contribution < 1.29 is 4.74 Å². The number of rotatable bonds is 6. The maximum absolute atomic E-state index is 5.59. The molecule has 0 radical (unpaired) electrons. The molecule has 1 atom stereocenters.